The Balaban J connectivity index is 1.56. The highest BCUT2D eigenvalue weighted by Crippen LogP contribution is 2.29. The zero-order valence-electron chi connectivity index (χ0n) is 14.7. The van der Waals surface area contributed by atoms with E-state index < -0.39 is 16.7 Å². The summed E-state index contributed by atoms with van der Waals surface area (Å²) in [5.41, 5.74) is 0.702. The summed E-state index contributed by atoms with van der Waals surface area (Å²) in [6, 6.07) is 7.00. The van der Waals surface area contributed by atoms with Gasteiger partial charge in [0.1, 0.15) is 12.0 Å². The second kappa shape index (κ2) is 7.51. The maximum atomic E-state index is 12.6. The second-order valence-corrected chi connectivity index (χ2v) is 6.67. The fourth-order valence-corrected chi connectivity index (χ4v) is 3.18. The number of halogens is 3. The number of likely N-dealkylation sites (tertiary alicyclic amines) is 1. The minimum Gasteiger partial charge on any atom is -0.366 e. The topological polar surface area (TPSA) is 71.3 Å². The van der Waals surface area contributed by atoms with Gasteiger partial charge in [-0.15, -0.1) is 0 Å². The zero-order chi connectivity index (χ0) is 19.6. The summed E-state index contributed by atoms with van der Waals surface area (Å²) >= 11 is 0. The smallest absolute Gasteiger partial charge is 0.366 e. The normalized spacial score (nSPS) is 17.9. The van der Waals surface area contributed by atoms with Gasteiger partial charge < -0.3 is 5.32 Å². The van der Waals surface area contributed by atoms with Crippen molar-refractivity contribution >= 4 is 11.5 Å². The summed E-state index contributed by atoms with van der Waals surface area (Å²) in [4.78, 5) is 16.6. The number of aromatic nitrogens is 1. The first-order chi connectivity index (χ1) is 12.7. The largest absolute Gasteiger partial charge is 0.416 e. The highest BCUT2D eigenvalue weighted by atomic mass is 19.4. The van der Waals surface area contributed by atoms with Gasteiger partial charge >= 0.3 is 6.18 Å². The van der Waals surface area contributed by atoms with Crippen LogP contribution in [0.2, 0.25) is 0 Å². The van der Waals surface area contributed by atoms with Crippen LogP contribution in [-0.2, 0) is 12.7 Å². The molecule has 1 aromatic carbocycles. The van der Waals surface area contributed by atoms with Crippen LogP contribution in [0, 0.1) is 17.0 Å². The number of pyridine rings is 1. The molecule has 0 spiro atoms. The molecule has 3 rings (SSSR count). The summed E-state index contributed by atoms with van der Waals surface area (Å²) < 4.78 is 37.9. The van der Waals surface area contributed by atoms with Crippen LogP contribution in [0.1, 0.15) is 23.1 Å². The maximum Gasteiger partial charge on any atom is 0.416 e. The van der Waals surface area contributed by atoms with Crippen molar-refractivity contribution in [1.82, 2.24) is 9.88 Å². The molecule has 1 aliphatic heterocycles. The Morgan fingerprint density at radius 1 is 1.33 bits per heavy atom. The van der Waals surface area contributed by atoms with Crippen molar-refractivity contribution < 1.29 is 18.1 Å². The Bertz CT molecular complexity index is 824. The lowest BCUT2D eigenvalue weighted by atomic mass is 10.1. The second-order valence-electron chi connectivity index (χ2n) is 6.67. The van der Waals surface area contributed by atoms with E-state index in [0.29, 0.717) is 17.9 Å². The Hall–Kier alpha value is -2.68. The molecule has 6 nitrogen and oxygen atoms in total. The molecule has 1 fully saturated rings. The predicted molar refractivity (Wildman–Crippen MR) is 94.4 cm³/mol. The number of nitrogens with zero attached hydrogens (tertiary/aromatic N) is 3. The SMILES string of the molecule is Cc1cc(NC2CCN(Cc3ccc(C(F)(F)F)cc3)C2)ncc1[N+](=O)[O-]. The van der Waals surface area contributed by atoms with Crippen LogP contribution in [0.4, 0.5) is 24.7 Å². The van der Waals surface area contributed by atoms with Crippen LogP contribution < -0.4 is 5.32 Å². The van der Waals surface area contributed by atoms with Crippen LogP contribution in [0.3, 0.4) is 0 Å². The van der Waals surface area contributed by atoms with Gasteiger partial charge in [-0.1, -0.05) is 12.1 Å². The molecule has 0 radical (unpaired) electrons. The predicted octanol–water partition coefficient (Wildman–Crippen LogP) is 4.00. The highest BCUT2D eigenvalue weighted by molar-refractivity contribution is 5.47. The van der Waals surface area contributed by atoms with Crippen LogP contribution in [0.25, 0.3) is 0 Å². The minimum atomic E-state index is -4.32. The number of aryl methyl sites for hydroxylation is 1. The molecule has 1 N–H and O–H groups in total. The molecule has 0 saturated carbocycles. The number of hydrogen-bond acceptors (Lipinski definition) is 5. The molecule has 27 heavy (non-hydrogen) atoms. The molecule has 9 heteroatoms. The van der Waals surface area contributed by atoms with Gasteiger partial charge in [0.15, 0.2) is 0 Å². The lowest BCUT2D eigenvalue weighted by molar-refractivity contribution is -0.385. The zero-order valence-corrected chi connectivity index (χ0v) is 14.7. The van der Waals surface area contributed by atoms with Gasteiger partial charge in [-0.25, -0.2) is 4.98 Å². The molecule has 1 aliphatic rings. The van der Waals surface area contributed by atoms with E-state index in [1.165, 1.54) is 18.3 Å². The van der Waals surface area contributed by atoms with Crippen molar-refractivity contribution in [3.8, 4) is 0 Å². The maximum absolute atomic E-state index is 12.6. The summed E-state index contributed by atoms with van der Waals surface area (Å²) in [5.74, 6) is 0.583. The minimum absolute atomic E-state index is 0.0177. The van der Waals surface area contributed by atoms with Crippen molar-refractivity contribution in [1.29, 1.82) is 0 Å². The van der Waals surface area contributed by atoms with E-state index in [1.54, 1.807) is 13.0 Å². The summed E-state index contributed by atoms with van der Waals surface area (Å²) in [7, 11) is 0. The average Bonchev–Trinajstić information content (AvgIpc) is 3.01. The van der Waals surface area contributed by atoms with Crippen molar-refractivity contribution in [2.75, 3.05) is 18.4 Å². The molecule has 144 valence electrons. The Morgan fingerprint density at radius 3 is 2.63 bits per heavy atom. The first-order valence-corrected chi connectivity index (χ1v) is 8.48. The van der Waals surface area contributed by atoms with Gasteiger partial charge in [0.05, 0.1) is 10.5 Å². The molecule has 1 aromatic heterocycles. The molecule has 2 heterocycles. The third kappa shape index (κ3) is 4.73. The summed E-state index contributed by atoms with van der Waals surface area (Å²) in [6.07, 6.45) is -2.22. The average molecular weight is 380 g/mol. The van der Waals surface area contributed by atoms with Gasteiger partial charge in [-0.3, -0.25) is 15.0 Å². The third-order valence-electron chi connectivity index (χ3n) is 4.59. The molecular formula is C18H19F3N4O2. The number of hydrogen-bond donors (Lipinski definition) is 1. The van der Waals surface area contributed by atoms with Crippen molar-refractivity contribution in [3.05, 3.63) is 63.3 Å². The first kappa shape index (κ1) is 19.1. The Labute approximate surface area is 154 Å². The quantitative estimate of drug-likeness (QED) is 0.627. The number of alkyl halides is 3. The molecule has 2 aromatic rings. The monoisotopic (exact) mass is 380 g/mol. The molecule has 1 saturated heterocycles. The van der Waals surface area contributed by atoms with Crippen LogP contribution in [-0.4, -0.2) is 33.9 Å². The number of nitrogens with one attached hydrogen (secondary N) is 1. The van der Waals surface area contributed by atoms with Gasteiger partial charge in [0, 0.05) is 31.2 Å². The molecule has 0 amide bonds. The highest BCUT2D eigenvalue weighted by Gasteiger charge is 2.30. The van der Waals surface area contributed by atoms with E-state index in [-0.39, 0.29) is 11.7 Å². The van der Waals surface area contributed by atoms with Gasteiger partial charge in [-0.2, -0.15) is 13.2 Å². The number of anilines is 1. The van der Waals surface area contributed by atoms with E-state index in [1.807, 2.05) is 0 Å². The van der Waals surface area contributed by atoms with Crippen LogP contribution in [0.15, 0.2) is 36.5 Å². The van der Waals surface area contributed by atoms with Crippen molar-refractivity contribution in [2.24, 2.45) is 0 Å². The van der Waals surface area contributed by atoms with Crippen molar-refractivity contribution in [2.45, 2.75) is 32.1 Å². The lowest BCUT2D eigenvalue weighted by Gasteiger charge is -2.17. The van der Waals surface area contributed by atoms with Crippen LogP contribution in [0.5, 0.6) is 0 Å². The standard InChI is InChI=1S/C18H19F3N4O2/c1-12-8-17(22-9-16(12)25(26)27)23-15-6-7-24(11-15)10-13-2-4-14(5-3-13)18(19,20)21/h2-5,8-9,15H,6-7,10-11H2,1H3,(H,22,23). The van der Waals surface area contributed by atoms with E-state index >= 15 is 0 Å². The number of rotatable bonds is 5. The van der Waals surface area contributed by atoms with E-state index in [0.717, 1.165) is 37.2 Å². The van der Waals surface area contributed by atoms with Gasteiger partial charge in [-0.05, 0) is 37.1 Å². The van der Waals surface area contributed by atoms with Gasteiger partial charge in [0.25, 0.3) is 5.69 Å². The molecule has 1 atom stereocenters. The lowest BCUT2D eigenvalue weighted by Crippen LogP contribution is -2.26. The fourth-order valence-electron chi connectivity index (χ4n) is 3.18. The number of nitro groups is 1. The third-order valence-corrected chi connectivity index (χ3v) is 4.59. The summed E-state index contributed by atoms with van der Waals surface area (Å²) in [6.45, 7) is 3.77. The molecule has 0 aliphatic carbocycles. The van der Waals surface area contributed by atoms with Crippen molar-refractivity contribution in [3.63, 3.8) is 0 Å². The summed E-state index contributed by atoms with van der Waals surface area (Å²) in [5, 5.41) is 14.1. The van der Waals surface area contributed by atoms with E-state index in [9.17, 15) is 23.3 Å². The Morgan fingerprint density at radius 2 is 2.04 bits per heavy atom. The first-order valence-electron chi connectivity index (χ1n) is 8.48. The number of benzene rings is 1. The van der Waals surface area contributed by atoms with E-state index in [2.05, 4.69) is 15.2 Å². The molecule has 1 unspecified atom stereocenters. The fraction of sp³-hybridized carbons (Fsp3) is 0.389. The van der Waals surface area contributed by atoms with Gasteiger partial charge in [0.2, 0.25) is 0 Å². The van der Waals surface area contributed by atoms with Crippen LogP contribution >= 0.6 is 0 Å². The molecular weight excluding hydrogens is 361 g/mol. The Kier molecular flexibility index (Phi) is 5.31. The van der Waals surface area contributed by atoms with E-state index in [4.69, 9.17) is 0 Å². The molecule has 0 bridgehead atoms.